The van der Waals surface area contributed by atoms with Gasteiger partial charge in [-0.15, -0.1) is 0 Å². The van der Waals surface area contributed by atoms with Gasteiger partial charge in [0.2, 0.25) is 5.88 Å². The van der Waals surface area contributed by atoms with E-state index in [0.29, 0.717) is 17.4 Å². The van der Waals surface area contributed by atoms with E-state index in [1.165, 1.54) is 12.1 Å². The van der Waals surface area contributed by atoms with E-state index >= 15 is 0 Å². The van der Waals surface area contributed by atoms with E-state index in [9.17, 15) is 9.18 Å². The number of aromatic nitrogens is 1. The van der Waals surface area contributed by atoms with Gasteiger partial charge in [-0.1, -0.05) is 12.1 Å². The molecule has 6 nitrogen and oxygen atoms in total. The van der Waals surface area contributed by atoms with Gasteiger partial charge in [-0.25, -0.2) is 14.2 Å². The summed E-state index contributed by atoms with van der Waals surface area (Å²) in [5.74, 6) is 0.325. The molecule has 1 aliphatic rings. The molecule has 0 spiro atoms. The summed E-state index contributed by atoms with van der Waals surface area (Å²) in [5.41, 5.74) is 1.50. The largest absolute Gasteiger partial charge is 0.481 e. The second-order valence-electron chi connectivity index (χ2n) is 6.20. The zero-order valence-corrected chi connectivity index (χ0v) is 14.3. The first-order valence-electron chi connectivity index (χ1n) is 8.33. The van der Waals surface area contributed by atoms with E-state index in [1.807, 2.05) is 6.07 Å². The molecule has 2 N–H and O–H groups in total. The molecule has 1 heterocycles. The Kier molecular flexibility index (Phi) is 5.32. The highest BCUT2D eigenvalue weighted by Gasteiger charge is 2.33. The Morgan fingerprint density at radius 3 is 2.81 bits per heavy atom. The molecule has 1 saturated carbocycles. The molecule has 1 aromatic carbocycles. The Hall–Kier alpha value is -3.14. The zero-order chi connectivity index (χ0) is 18.5. The summed E-state index contributed by atoms with van der Waals surface area (Å²) in [6.45, 7) is 0.173. The van der Waals surface area contributed by atoms with Crippen LogP contribution in [0.15, 0.2) is 36.5 Å². The normalized spacial score (nSPS) is 14.2. The fourth-order valence-electron chi connectivity index (χ4n) is 2.73. The summed E-state index contributed by atoms with van der Waals surface area (Å²) in [7, 11) is 1.55. The number of hydrogen-bond donors (Lipinski definition) is 2. The molecule has 7 heteroatoms. The number of nitrogens with zero attached hydrogens (tertiary/aromatic N) is 2. The number of methoxy groups -OCH3 is 1. The maximum Gasteiger partial charge on any atom is 0.315 e. The second kappa shape index (κ2) is 7.83. The van der Waals surface area contributed by atoms with Crippen LogP contribution >= 0.6 is 0 Å². The number of amides is 2. The van der Waals surface area contributed by atoms with E-state index in [-0.39, 0.29) is 24.2 Å². The van der Waals surface area contributed by atoms with Crippen molar-refractivity contribution in [3.8, 4) is 11.9 Å². The smallest absolute Gasteiger partial charge is 0.315 e. The molecule has 2 aromatic rings. The van der Waals surface area contributed by atoms with Gasteiger partial charge in [0.1, 0.15) is 11.9 Å². The van der Waals surface area contributed by atoms with Gasteiger partial charge < -0.3 is 15.4 Å². The molecule has 0 aliphatic heterocycles. The van der Waals surface area contributed by atoms with Crippen molar-refractivity contribution in [2.24, 2.45) is 5.92 Å². The lowest BCUT2D eigenvalue weighted by Gasteiger charge is -2.19. The van der Waals surface area contributed by atoms with Crippen LogP contribution in [0.4, 0.5) is 9.18 Å². The molecule has 0 saturated heterocycles. The lowest BCUT2D eigenvalue weighted by molar-refractivity contribution is 0.235. The van der Waals surface area contributed by atoms with E-state index in [1.54, 1.807) is 31.5 Å². The number of nitriles is 1. The third kappa shape index (κ3) is 4.28. The molecular formula is C19H19FN4O2. The Morgan fingerprint density at radius 1 is 1.42 bits per heavy atom. The van der Waals surface area contributed by atoms with Crippen LogP contribution in [0.2, 0.25) is 0 Å². The fourth-order valence-corrected chi connectivity index (χ4v) is 2.73. The van der Waals surface area contributed by atoms with Crippen molar-refractivity contribution < 1.29 is 13.9 Å². The summed E-state index contributed by atoms with van der Waals surface area (Å²) < 4.78 is 18.7. The predicted molar refractivity (Wildman–Crippen MR) is 92.7 cm³/mol. The minimum absolute atomic E-state index is 0.0148. The molecule has 1 aromatic heterocycles. The quantitative estimate of drug-likeness (QED) is 0.835. The van der Waals surface area contributed by atoms with Crippen LogP contribution in [0.25, 0.3) is 0 Å². The van der Waals surface area contributed by atoms with Crippen LogP contribution < -0.4 is 15.4 Å². The fraction of sp³-hybridized carbons (Fsp3) is 0.316. The molecule has 2 amide bonds. The van der Waals surface area contributed by atoms with E-state index in [0.717, 1.165) is 18.4 Å². The third-order valence-corrected chi connectivity index (χ3v) is 4.31. The summed E-state index contributed by atoms with van der Waals surface area (Å²) in [6, 6.07) is 9.26. The minimum atomic E-state index is -0.590. The van der Waals surface area contributed by atoms with Crippen LogP contribution in [-0.2, 0) is 6.54 Å². The van der Waals surface area contributed by atoms with Crippen molar-refractivity contribution >= 4 is 6.03 Å². The first-order chi connectivity index (χ1) is 12.6. The molecule has 1 unspecified atom stereocenters. The van der Waals surface area contributed by atoms with E-state index < -0.39 is 5.82 Å². The molecule has 0 bridgehead atoms. The van der Waals surface area contributed by atoms with Crippen LogP contribution in [0.3, 0.4) is 0 Å². The first kappa shape index (κ1) is 17.7. The summed E-state index contributed by atoms with van der Waals surface area (Å²) in [6.07, 6.45) is 3.81. The van der Waals surface area contributed by atoms with Crippen molar-refractivity contribution in [3.63, 3.8) is 0 Å². The Labute approximate surface area is 151 Å². The van der Waals surface area contributed by atoms with Gasteiger partial charge in [-0.3, -0.25) is 0 Å². The molecule has 1 atom stereocenters. The number of ether oxygens (including phenoxy) is 1. The lowest BCUT2D eigenvalue weighted by Crippen LogP contribution is -2.38. The highest BCUT2D eigenvalue weighted by atomic mass is 19.1. The summed E-state index contributed by atoms with van der Waals surface area (Å²) in [5, 5.41) is 14.4. The van der Waals surface area contributed by atoms with Gasteiger partial charge in [0.15, 0.2) is 0 Å². The van der Waals surface area contributed by atoms with Crippen LogP contribution in [0.5, 0.6) is 5.88 Å². The summed E-state index contributed by atoms with van der Waals surface area (Å²) in [4.78, 5) is 16.4. The zero-order valence-electron chi connectivity index (χ0n) is 14.3. The average molecular weight is 354 g/mol. The van der Waals surface area contributed by atoms with Crippen molar-refractivity contribution in [1.82, 2.24) is 15.6 Å². The molecule has 1 aliphatic carbocycles. The maximum absolute atomic E-state index is 13.6. The first-order valence-corrected chi connectivity index (χ1v) is 8.33. The van der Waals surface area contributed by atoms with Crippen molar-refractivity contribution in [3.05, 3.63) is 59.0 Å². The van der Waals surface area contributed by atoms with Gasteiger partial charge >= 0.3 is 6.03 Å². The summed E-state index contributed by atoms with van der Waals surface area (Å²) >= 11 is 0. The van der Waals surface area contributed by atoms with Gasteiger partial charge in [0, 0.05) is 18.8 Å². The molecule has 26 heavy (non-hydrogen) atoms. The molecular weight excluding hydrogens is 335 g/mol. The lowest BCUT2D eigenvalue weighted by atomic mass is 10.0. The average Bonchev–Trinajstić information content (AvgIpc) is 3.50. The third-order valence-electron chi connectivity index (χ3n) is 4.31. The van der Waals surface area contributed by atoms with Crippen molar-refractivity contribution in [2.75, 3.05) is 7.11 Å². The standard InChI is InChI=1S/C19H19FN4O2/c1-26-17-7-6-15(11-22-17)18(13-4-5-13)24-19(25)23-10-12-2-3-14(9-21)16(20)8-12/h2-3,6-8,11,13,18H,4-5,10H2,1H3,(H2,23,24,25). The number of urea groups is 1. The number of carbonyl (C=O) groups excluding carboxylic acids is 1. The number of carbonyl (C=O) groups is 1. The Balaban J connectivity index is 1.60. The number of rotatable bonds is 6. The number of benzene rings is 1. The van der Waals surface area contributed by atoms with Gasteiger partial charge in [0.25, 0.3) is 0 Å². The van der Waals surface area contributed by atoms with E-state index in [2.05, 4.69) is 15.6 Å². The SMILES string of the molecule is COc1ccc(C(NC(=O)NCc2ccc(C#N)c(F)c2)C2CC2)cn1. The number of halogens is 1. The van der Waals surface area contributed by atoms with Gasteiger partial charge in [-0.05, 0) is 42.0 Å². The maximum atomic E-state index is 13.6. The van der Waals surface area contributed by atoms with Crippen LogP contribution in [-0.4, -0.2) is 18.1 Å². The predicted octanol–water partition coefficient (Wildman–Crippen LogP) is 3.05. The van der Waals surface area contributed by atoms with Gasteiger partial charge in [0.05, 0.1) is 18.7 Å². The van der Waals surface area contributed by atoms with Crippen molar-refractivity contribution in [2.45, 2.75) is 25.4 Å². The minimum Gasteiger partial charge on any atom is -0.481 e. The van der Waals surface area contributed by atoms with Gasteiger partial charge in [-0.2, -0.15) is 5.26 Å². The monoisotopic (exact) mass is 354 g/mol. The highest BCUT2D eigenvalue weighted by Crippen LogP contribution is 2.40. The Morgan fingerprint density at radius 2 is 2.23 bits per heavy atom. The Bertz CT molecular complexity index is 828. The topological polar surface area (TPSA) is 87.0 Å². The molecule has 134 valence electrons. The molecule has 0 radical (unpaired) electrons. The highest BCUT2D eigenvalue weighted by molar-refractivity contribution is 5.74. The molecule has 1 fully saturated rings. The van der Waals surface area contributed by atoms with E-state index in [4.69, 9.17) is 10.00 Å². The second-order valence-corrected chi connectivity index (χ2v) is 6.20. The van der Waals surface area contributed by atoms with Crippen LogP contribution in [0, 0.1) is 23.1 Å². The number of pyridine rings is 1. The molecule has 3 rings (SSSR count). The number of hydrogen-bond acceptors (Lipinski definition) is 4. The van der Waals surface area contributed by atoms with Crippen molar-refractivity contribution in [1.29, 1.82) is 5.26 Å². The number of nitrogens with one attached hydrogen (secondary N) is 2. The van der Waals surface area contributed by atoms with Crippen LogP contribution in [0.1, 0.15) is 35.6 Å².